The first kappa shape index (κ1) is 13.0. The van der Waals surface area contributed by atoms with Crippen LogP contribution < -0.4 is 10.6 Å². The number of nitrogens with zero attached hydrogens (tertiary/aromatic N) is 1. The normalized spacial score (nSPS) is 21.0. The molecule has 16 heavy (non-hydrogen) atoms. The Kier molecular flexibility index (Phi) is 5.25. The largest absolute Gasteiger partial charge is 0.355 e. The van der Waals surface area contributed by atoms with Crippen molar-refractivity contribution in [2.45, 2.75) is 32.7 Å². The molecule has 1 aliphatic rings. The Morgan fingerprint density at radius 1 is 1.56 bits per heavy atom. The Morgan fingerprint density at radius 3 is 2.94 bits per heavy atom. The number of carbonyl (C=O) groups is 2. The summed E-state index contributed by atoms with van der Waals surface area (Å²) < 4.78 is 0. The van der Waals surface area contributed by atoms with E-state index in [1.807, 2.05) is 13.8 Å². The maximum atomic E-state index is 11.8. The van der Waals surface area contributed by atoms with Crippen LogP contribution >= 0.6 is 0 Å². The molecule has 1 heterocycles. The molecule has 2 amide bonds. The molecular formula is C11H21N3O2. The molecule has 1 atom stereocenters. The smallest absolute Gasteiger partial charge is 0.240 e. The van der Waals surface area contributed by atoms with Gasteiger partial charge in [-0.3, -0.25) is 9.59 Å². The fraction of sp³-hybridized carbons (Fsp3) is 0.818. The summed E-state index contributed by atoms with van der Waals surface area (Å²) in [6, 6.07) is -0.118. The van der Waals surface area contributed by atoms with Crippen LogP contribution in [0.3, 0.4) is 0 Å². The van der Waals surface area contributed by atoms with Crippen LogP contribution in [0.4, 0.5) is 0 Å². The topological polar surface area (TPSA) is 61.4 Å². The lowest BCUT2D eigenvalue weighted by Crippen LogP contribution is -2.56. The Bertz CT molecular complexity index is 256. The number of piperazine rings is 1. The van der Waals surface area contributed by atoms with Gasteiger partial charge in [-0.1, -0.05) is 13.8 Å². The SMILES string of the molecule is CCCNC(=O)CN1CCNC(CC)C1=O. The zero-order valence-corrected chi connectivity index (χ0v) is 10.1. The molecule has 2 N–H and O–H groups in total. The van der Waals surface area contributed by atoms with Gasteiger partial charge in [-0.2, -0.15) is 0 Å². The van der Waals surface area contributed by atoms with E-state index >= 15 is 0 Å². The second-order valence-electron chi connectivity index (χ2n) is 4.02. The maximum Gasteiger partial charge on any atom is 0.240 e. The van der Waals surface area contributed by atoms with Crippen LogP contribution in [-0.4, -0.2) is 48.9 Å². The lowest BCUT2D eigenvalue weighted by Gasteiger charge is -2.32. The van der Waals surface area contributed by atoms with Crippen LogP contribution in [0.25, 0.3) is 0 Å². The van der Waals surface area contributed by atoms with Gasteiger partial charge in [0, 0.05) is 19.6 Å². The maximum absolute atomic E-state index is 11.8. The van der Waals surface area contributed by atoms with Crippen LogP contribution in [-0.2, 0) is 9.59 Å². The predicted molar refractivity (Wildman–Crippen MR) is 62.0 cm³/mol. The fourth-order valence-corrected chi connectivity index (χ4v) is 1.76. The molecule has 1 rings (SSSR count). The second-order valence-corrected chi connectivity index (χ2v) is 4.02. The molecule has 1 unspecified atom stereocenters. The van der Waals surface area contributed by atoms with E-state index < -0.39 is 0 Å². The molecule has 0 saturated carbocycles. The molecule has 0 aliphatic carbocycles. The summed E-state index contributed by atoms with van der Waals surface area (Å²) in [4.78, 5) is 25.0. The number of rotatable bonds is 5. The van der Waals surface area contributed by atoms with E-state index in [1.165, 1.54) is 0 Å². The number of hydrogen-bond donors (Lipinski definition) is 2. The van der Waals surface area contributed by atoms with Gasteiger partial charge in [0.05, 0.1) is 12.6 Å². The number of nitrogens with one attached hydrogen (secondary N) is 2. The summed E-state index contributed by atoms with van der Waals surface area (Å²) in [5, 5.41) is 5.92. The van der Waals surface area contributed by atoms with E-state index in [0.29, 0.717) is 13.1 Å². The van der Waals surface area contributed by atoms with E-state index in [-0.39, 0.29) is 24.4 Å². The summed E-state index contributed by atoms with van der Waals surface area (Å²) in [7, 11) is 0. The van der Waals surface area contributed by atoms with Gasteiger partial charge in [-0.25, -0.2) is 0 Å². The van der Waals surface area contributed by atoms with Crippen molar-refractivity contribution in [2.75, 3.05) is 26.2 Å². The third-order valence-corrected chi connectivity index (χ3v) is 2.70. The van der Waals surface area contributed by atoms with Crippen molar-refractivity contribution >= 4 is 11.8 Å². The molecule has 5 nitrogen and oxygen atoms in total. The van der Waals surface area contributed by atoms with Crippen LogP contribution in [0, 0.1) is 0 Å². The molecule has 0 bridgehead atoms. The first-order chi connectivity index (χ1) is 7.69. The molecule has 1 saturated heterocycles. The molecule has 0 aromatic heterocycles. The van der Waals surface area contributed by atoms with Gasteiger partial charge in [0.25, 0.3) is 0 Å². The summed E-state index contributed by atoms with van der Waals surface area (Å²) in [6.45, 7) is 6.23. The summed E-state index contributed by atoms with van der Waals surface area (Å²) >= 11 is 0. The third-order valence-electron chi connectivity index (χ3n) is 2.70. The lowest BCUT2D eigenvalue weighted by molar-refractivity contribution is -0.139. The van der Waals surface area contributed by atoms with Crippen molar-refractivity contribution in [2.24, 2.45) is 0 Å². The van der Waals surface area contributed by atoms with Crippen LogP contribution in [0.2, 0.25) is 0 Å². The average Bonchev–Trinajstić information content (AvgIpc) is 2.29. The highest BCUT2D eigenvalue weighted by Gasteiger charge is 2.27. The van der Waals surface area contributed by atoms with E-state index in [4.69, 9.17) is 0 Å². The molecule has 0 aromatic rings. The molecular weight excluding hydrogens is 206 g/mol. The molecule has 0 aromatic carbocycles. The highest BCUT2D eigenvalue weighted by Crippen LogP contribution is 2.03. The molecule has 5 heteroatoms. The van der Waals surface area contributed by atoms with Crippen molar-refractivity contribution in [3.63, 3.8) is 0 Å². The van der Waals surface area contributed by atoms with Gasteiger partial charge in [-0.15, -0.1) is 0 Å². The number of amides is 2. The van der Waals surface area contributed by atoms with Gasteiger partial charge < -0.3 is 15.5 Å². The van der Waals surface area contributed by atoms with Gasteiger partial charge in [-0.05, 0) is 12.8 Å². The number of hydrogen-bond acceptors (Lipinski definition) is 3. The number of carbonyl (C=O) groups excluding carboxylic acids is 2. The minimum Gasteiger partial charge on any atom is -0.355 e. The zero-order valence-electron chi connectivity index (χ0n) is 10.1. The molecule has 0 spiro atoms. The zero-order chi connectivity index (χ0) is 12.0. The second kappa shape index (κ2) is 6.48. The Hall–Kier alpha value is -1.10. The summed E-state index contributed by atoms with van der Waals surface area (Å²) in [5.41, 5.74) is 0. The van der Waals surface area contributed by atoms with E-state index in [2.05, 4.69) is 10.6 Å². The van der Waals surface area contributed by atoms with E-state index in [9.17, 15) is 9.59 Å². The quantitative estimate of drug-likeness (QED) is 0.679. The first-order valence-corrected chi connectivity index (χ1v) is 5.97. The Labute approximate surface area is 96.6 Å². The van der Waals surface area contributed by atoms with Gasteiger partial charge in [0.1, 0.15) is 0 Å². The molecule has 1 fully saturated rings. The third kappa shape index (κ3) is 3.48. The molecule has 92 valence electrons. The monoisotopic (exact) mass is 227 g/mol. The summed E-state index contributed by atoms with van der Waals surface area (Å²) in [5.74, 6) is -0.0210. The lowest BCUT2D eigenvalue weighted by atomic mass is 10.1. The van der Waals surface area contributed by atoms with Crippen molar-refractivity contribution < 1.29 is 9.59 Å². The fourth-order valence-electron chi connectivity index (χ4n) is 1.76. The minimum atomic E-state index is -0.118. The van der Waals surface area contributed by atoms with Crippen molar-refractivity contribution in [1.29, 1.82) is 0 Å². The van der Waals surface area contributed by atoms with Crippen LogP contribution in [0.5, 0.6) is 0 Å². The average molecular weight is 227 g/mol. The minimum absolute atomic E-state index is 0.0420. The van der Waals surface area contributed by atoms with Crippen LogP contribution in [0.15, 0.2) is 0 Å². The van der Waals surface area contributed by atoms with Gasteiger partial charge in [0.2, 0.25) is 11.8 Å². The van der Waals surface area contributed by atoms with Gasteiger partial charge >= 0.3 is 0 Å². The summed E-state index contributed by atoms with van der Waals surface area (Å²) in [6.07, 6.45) is 1.69. The predicted octanol–water partition coefficient (Wildman–Crippen LogP) is -0.277. The van der Waals surface area contributed by atoms with Crippen LogP contribution in [0.1, 0.15) is 26.7 Å². The molecule has 1 aliphatic heterocycles. The van der Waals surface area contributed by atoms with Crippen molar-refractivity contribution in [3.05, 3.63) is 0 Å². The van der Waals surface area contributed by atoms with Gasteiger partial charge in [0.15, 0.2) is 0 Å². The Balaban J connectivity index is 2.40. The Morgan fingerprint density at radius 2 is 2.31 bits per heavy atom. The first-order valence-electron chi connectivity index (χ1n) is 5.97. The van der Waals surface area contributed by atoms with Crippen molar-refractivity contribution in [1.82, 2.24) is 15.5 Å². The highest BCUT2D eigenvalue weighted by atomic mass is 16.2. The standard InChI is InChI=1S/C11H21N3O2/c1-3-5-13-10(15)8-14-7-6-12-9(4-2)11(14)16/h9,12H,3-8H2,1-2H3,(H,13,15). The van der Waals surface area contributed by atoms with E-state index in [1.54, 1.807) is 4.90 Å². The molecule has 0 radical (unpaired) electrons. The highest BCUT2D eigenvalue weighted by molar-refractivity contribution is 5.88. The van der Waals surface area contributed by atoms with E-state index in [0.717, 1.165) is 19.4 Å². The van der Waals surface area contributed by atoms with Crippen molar-refractivity contribution in [3.8, 4) is 0 Å².